The first-order valence-electron chi connectivity index (χ1n) is 8.38. The van der Waals surface area contributed by atoms with Gasteiger partial charge >= 0.3 is 5.97 Å². The number of nitrogens with zero attached hydrogens (tertiary/aromatic N) is 1. The Morgan fingerprint density at radius 3 is 2.40 bits per heavy atom. The summed E-state index contributed by atoms with van der Waals surface area (Å²) >= 11 is 0. The van der Waals surface area contributed by atoms with Gasteiger partial charge in [0.2, 0.25) is 0 Å². The predicted octanol–water partition coefficient (Wildman–Crippen LogP) is 3.98. The number of ether oxygens (including phenoxy) is 3. The zero-order valence-electron chi connectivity index (χ0n) is 14.8. The highest BCUT2D eigenvalue weighted by Gasteiger charge is 2.15. The topological polar surface area (TPSA) is 57.7 Å². The van der Waals surface area contributed by atoms with E-state index in [0.29, 0.717) is 36.8 Å². The summed E-state index contributed by atoms with van der Waals surface area (Å²) in [6.45, 7) is 7.05. The first kappa shape index (κ1) is 18.5. The van der Waals surface area contributed by atoms with Crippen LogP contribution in [0.25, 0.3) is 11.6 Å². The largest absolute Gasteiger partial charge is 0.494 e. The quantitative estimate of drug-likeness (QED) is 0.537. The van der Waals surface area contributed by atoms with E-state index < -0.39 is 5.97 Å². The number of hydrogen-bond donors (Lipinski definition) is 0. The van der Waals surface area contributed by atoms with Gasteiger partial charge in [-0.25, -0.2) is 4.79 Å². The normalized spacial score (nSPS) is 11.1. The van der Waals surface area contributed by atoms with Gasteiger partial charge in [0.15, 0.2) is 0 Å². The van der Waals surface area contributed by atoms with Crippen LogP contribution in [0, 0.1) is 0 Å². The summed E-state index contributed by atoms with van der Waals surface area (Å²) in [6, 6.07) is 11.1. The highest BCUT2D eigenvalue weighted by molar-refractivity contribution is 6.21. The standard InChI is InChI=1S/C20H23NO4/c1-4-23-16-9-7-8-15(12-16)13-18(20(22)25-6-3)19-11-10-17(14-21-19)24-5-2/h7-14H,4-6H2,1-3H3/b18-13-. The zero-order chi connectivity index (χ0) is 18.1. The average molecular weight is 341 g/mol. The molecule has 1 heterocycles. The Morgan fingerprint density at radius 1 is 1.00 bits per heavy atom. The van der Waals surface area contributed by atoms with Crippen LogP contribution in [0.4, 0.5) is 0 Å². The molecule has 0 unspecified atom stereocenters. The van der Waals surface area contributed by atoms with Crippen molar-refractivity contribution in [1.29, 1.82) is 0 Å². The second-order valence-corrected chi connectivity index (χ2v) is 5.10. The number of benzene rings is 1. The molecule has 1 aromatic carbocycles. The van der Waals surface area contributed by atoms with Gasteiger partial charge in [0.25, 0.3) is 0 Å². The van der Waals surface area contributed by atoms with E-state index in [1.165, 1.54) is 0 Å². The van der Waals surface area contributed by atoms with Crippen molar-refractivity contribution in [3.63, 3.8) is 0 Å². The van der Waals surface area contributed by atoms with Gasteiger partial charge in [0, 0.05) is 0 Å². The molecule has 5 nitrogen and oxygen atoms in total. The lowest BCUT2D eigenvalue weighted by atomic mass is 10.1. The van der Waals surface area contributed by atoms with Crippen LogP contribution in [0.1, 0.15) is 32.0 Å². The highest BCUT2D eigenvalue weighted by atomic mass is 16.5. The fraction of sp³-hybridized carbons (Fsp3) is 0.300. The van der Waals surface area contributed by atoms with Crippen LogP contribution in [0.2, 0.25) is 0 Å². The lowest BCUT2D eigenvalue weighted by Crippen LogP contribution is -2.08. The summed E-state index contributed by atoms with van der Waals surface area (Å²) in [5.41, 5.74) is 1.76. The van der Waals surface area contributed by atoms with Gasteiger partial charge in [-0.3, -0.25) is 4.98 Å². The zero-order valence-corrected chi connectivity index (χ0v) is 14.8. The molecule has 25 heavy (non-hydrogen) atoms. The lowest BCUT2D eigenvalue weighted by molar-refractivity contribution is -0.136. The smallest absolute Gasteiger partial charge is 0.340 e. The van der Waals surface area contributed by atoms with Gasteiger partial charge in [-0.05, 0) is 56.7 Å². The number of aromatic nitrogens is 1. The monoisotopic (exact) mass is 341 g/mol. The Labute approximate surface area is 148 Å². The van der Waals surface area contributed by atoms with Crippen molar-refractivity contribution >= 4 is 17.6 Å². The van der Waals surface area contributed by atoms with Crippen LogP contribution in [-0.4, -0.2) is 30.8 Å². The molecule has 2 aromatic rings. The molecule has 0 aliphatic carbocycles. The molecule has 0 fully saturated rings. The van der Waals surface area contributed by atoms with E-state index >= 15 is 0 Å². The van der Waals surface area contributed by atoms with Crippen molar-refractivity contribution in [2.45, 2.75) is 20.8 Å². The maximum atomic E-state index is 12.4. The lowest BCUT2D eigenvalue weighted by Gasteiger charge is -2.09. The number of rotatable bonds is 8. The summed E-state index contributed by atoms with van der Waals surface area (Å²) < 4.78 is 16.1. The van der Waals surface area contributed by atoms with Gasteiger partial charge in [0.1, 0.15) is 11.5 Å². The number of pyridine rings is 1. The SMILES string of the molecule is CCOC(=O)/C(=C\c1cccc(OCC)c1)c1ccc(OCC)cn1. The van der Waals surface area contributed by atoms with Crippen LogP contribution in [-0.2, 0) is 9.53 Å². The van der Waals surface area contributed by atoms with E-state index in [2.05, 4.69) is 4.98 Å². The van der Waals surface area contributed by atoms with Crippen LogP contribution in [0.3, 0.4) is 0 Å². The molecule has 0 radical (unpaired) electrons. The summed E-state index contributed by atoms with van der Waals surface area (Å²) in [5.74, 6) is 0.993. The molecule has 1 aromatic heterocycles. The minimum absolute atomic E-state index is 0.298. The molecule has 2 rings (SSSR count). The van der Waals surface area contributed by atoms with Gasteiger partial charge < -0.3 is 14.2 Å². The van der Waals surface area contributed by atoms with Crippen molar-refractivity contribution in [3.8, 4) is 11.5 Å². The van der Waals surface area contributed by atoms with Crippen LogP contribution < -0.4 is 9.47 Å². The highest BCUT2D eigenvalue weighted by Crippen LogP contribution is 2.22. The van der Waals surface area contributed by atoms with Crippen molar-refractivity contribution < 1.29 is 19.0 Å². The molecule has 5 heteroatoms. The molecular formula is C20H23NO4. The van der Waals surface area contributed by atoms with E-state index in [0.717, 1.165) is 11.3 Å². The molecule has 132 valence electrons. The molecule has 0 atom stereocenters. The van der Waals surface area contributed by atoms with E-state index in [9.17, 15) is 4.79 Å². The Balaban J connectivity index is 2.38. The van der Waals surface area contributed by atoms with E-state index in [4.69, 9.17) is 14.2 Å². The van der Waals surface area contributed by atoms with Crippen LogP contribution in [0.15, 0.2) is 42.6 Å². The van der Waals surface area contributed by atoms with Gasteiger partial charge in [-0.1, -0.05) is 12.1 Å². The molecule has 0 saturated heterocycles. The number of hydrogen-bond acceptors (Lipinski definition) is 5. The van der Waals surface area contributed by atoms with Crippen molar-refractivity contribution in [3.05, 3.63) is 53.9 Å². The Kier molecular flexibility index (Phi) is 7.01. The van der Waals surface area contributed by atoms with Crippen molar-refractivity contribution in [2.24, 2.45) is 0 Å². The molecule has 0 spiro atoms. The van der Waals surface area contributed by atoms with Crippen LogP contribution >= 0.6 is 0 Å². The van der Waals surface area contributed by atoms with Crippen molar-refractivity contribution in [2.75, 3.05) is 19.8 Å². The molecule has 0 aliphatic rings. The van der Waals surface area contributed by atoms with E-state index in [1.54, 1.807) is 31.3 Å². The second kappa shape index (κ2) is 9.47. The average Bonchev–Trinajstić information content (AvgIpc) is 2.62. The summed E-state index contributed by atoms with van der Waals surface area (Å²) in [5, 5.41) is 0. The first-order chi connectivity index (χ1) is 12.2. The van der Waals surface area contributed by atoms with E-state index in [-0.39, 0.29) is 0 Å². The Hall–Kier alpha value is -2.82. The summed E-state index contributed by atoms with van der Waals surface area (Å²) in [4.78, 5) is 16.7. The van der Waals surface area contributed by atoms with Gasteiger partial charge in [-0.15, -0.1) is 0 Å². The van der Waals surface area contributed by atoms with E-state index in [1.807, 2.05) is 38.1 Å². The molecule has 0 bridgehead atoms. The summed E-state index contributed by atoms with van der Waals surface area (Å²) in [7, 11) is 0. The second-order valence-electron chi connectivity index (χ2n) is 5.10. The third-order valence-corrected chi connectivity index (χ3v) is 3.30. The first-order valence-corrected chi connectivity index (χ1v) is 8.38. The number of carbonyl (C=O) groups excluding carboxylic acids is 1. The summed E-state index contributed by atoms with van der Waals surface area (Å²) in [6.07, 6.45) is 3.35. The third-order valence-electron chi connectivity index (χ3n) is 3.30. The molecule has 0 saturated carbocycles. The fourth-order valence-electron chi connectivity index (χ4n) is 2.27. The Morgan fingerprint density at radius 2 is 1.76 bits per heavy atom. The third kappa shape index (κ3) is 5.35. The van der Waals surface area contributed by atoms with Crippen LogP contribution in [0.5, 0.6) is 11.5 Å². The minimum Gasteiger partial charge on any atom is -0.494 e. The molecule has 0 amide bonds. The number of esters is 1. The molecular weight excluding hydrogens is 318 g/mol. The maximum absolute atomic E-state index is 12.4. The predicted molar refractivity (Wildman–Crippen MR) is 97.5 cm³/mol. The Bertz CT molecular complexity index is 723. The minimum atomic E-state index is -0.416. The molecule has 0 aliphatic heterocycles. The fourth-order valence-corrected chi connectivity index (χ4v) is 2.27. The number of carbonyl (C=O) groups is 1. The van der Waals surface area contributed by atoms with Gasteiger partial charge in [0.05, 0.1) is 37.3 Å². The van der Waals surface area contributed by atoms with Gasteiger partial charge in [-0.2, -0.15) is 0 Å². The maximum Gasteiger partial charge on any atom is 0.340 e. The van der Waals surface area contributed by atoms with Crippen molar-refractivity contribution in [1.82, 2.24) is 4.98 Å². The molecule has 0 N–H and O–H groups in total.